The molecular formula is C13H13N5OS. The summed E-state index contributed by atoms with van der Waals surface area (Å²) in [5.41, 5.74) is 0.640. The minimum atomic E-state index is 0.493. The maximum absolute atomic E-state index is 5.10. The van der Waals surface area contributed by atoms with E-state index in [0.717, 1.165) is 16.0 Å². The molecule has 3 aromatic rings. The van der Waals surface area contributed by atoms with Crippen LogP contribution in [-0.4, -0.2) is 34.1 Å². The zero-order chi connectivity index (χ0) is 14.1. The van der Waals surface area contributed by atoms with Crippen LogP contribution in [-0.2, 0) is 0 Å². The third kappa shape index (κ3) is 2.16. The molecule has 0 aliphatic heterocycles. The molecule has 0 amide bonds. The van der Waals surface area contributed by atoms with E-state index in [-0.39, 0.29) is 0 Å². The first-order chi connectivity index (χ1) is 9.71. The van der Waals surface area contributed by atoms with Gasteiger partial charge in [-0.1, -0.05) is 0 Å². The van der Waals surface area contributed by atoms with E-state index < -0.39 is 0 Å². The number of methoxy groups -OCH3 is 1. The van der Waals surface area contributed by atoms with E-state index >= 15 is 0 Å². The summed E-state index contributed by atoms with van der Waals surface area (Å²) in [4.78, 5) is 19.4. The Kier molecular flexibility index (Phi) is 3.19. The van der Waals surface area contributed by atoms with Crippen LogP contribution in [0.3, 0.4) is 0 Å². The summed E-state index contributed by atoms with van der Waals surface area (Å²) < 4.78 is 5.10. The molecule has 0 unspecified atom stereocenters. The van der Waals surface area contributed by atoms with Gasteiger partial charge < -0.3 is 10.1 Å². The van der Waals surface area contributed by atoms with Gasteiger partial charge in [-0.15, -0.1) is 11.3 Å². The molecule has 0 aromatic carbocycles. The first-order valence-corrected chi connectivity index (χ1v) is 6.85. The van der Waals surface area contributed by atoms with Gasteiger partial charge in [-0.3, -0.25) is 0 Å². The van der Waals surface area contributed by atoms with Crippen molar-refractivity contribution >= 4 is 27.4 Å². The highest BCUT2D eigenvalue weighted by Gasteiger charge is 2.12. The van der Waals surface area contributed by atoms with Gasteiger partial charge in [0, 0.05) is 18.0 Å². The summed E-state index contributed by atoms with van der Waals surface area (Å²) in [5.74, 6) is 1.85. The Morgan fingerprint density at radius 1 is 1.20 bits per heavy atom. The van der Waals surface area contributed by atoms with E-state index in [0.29, 0.717) is 17.4 Å². The van der Waals surface area contributed by atoms with Crippen LogP contribution in [0.5, 0.6) is 5.88 Å². The maximum Gasteiger partial charge on any atom is 0.216 e. The summed E-state index contributed by atoms with van der Waals surface area (Å²) in [6.07, 6.45) is 1.44. The van der Waals surface area contributed by atoms with Crippen LogP contribution in [0.1, 0.15) is 4.88 Å². The van der Waals surface area contributed by atoms with E-state index in [4.69, 9.17) is 4.74 Å². The van der Waals surface area contributed by atoms with Crippen molar-refractivity contribution in [3.63, 3.8) is 0 Å². The van der Waals surface area contributed by atoms with Crippen molar-refractivity contribution in [1.29, 1.82) is 0 Å². The SMILES string of the molecule is CNc1nc(-c2cc(OC)ncn2)nc2sc(C)cc12. The molecule has 0 atom stereocenters. The fourth-order valence-electron chi connectivity index (χ4n) is 1.92. The van der Waals surface area contributed by atoms with E-state index in [1.54, 1.807) is 24.5 Å². The maximum atomic E-state index is 5.10. The lowest BCUT2D eigenvalue weighted by Gasteiger charge is -2.05. The third-order valence-corrected chi connectivity index (χ3v) is 3.78. The second-order valence-electron chi connectivity index (χ2n) is 4.17. The molecule has 3 heterocycles. The van der Waals surface area contributed by atoms with Crippen LogP contribution in [0.25, 0.3) is 21.7 Å². The predicted molar refractivity (Wildman–Crippen MR) is 79.3 cm³/mol. The molecule has 6 nitrogen and oxygen atoms in total. The van der Waals surface area contributed by atoms with Crippen LogP contribution in [0, 0.1) is 6.92 Å². The van der Waals surface area contributed by atoms with E-state index in [9.17, 15) is 0 Å². The molecule has 3 rings (SSSR count). The molecule has 0 spiro atoms. The molecular weight excluding hydrogens is 274 g/mol. The highest BCUT2D eigenvalue weighted by atomic mass is 32.1. The second-order valence-corrected chi connectivity index (χ2v) is 5.40. The third-order valence-electron chi connectivity index (χ3n) is 2.83. The molecule has 0 aliphatic carbocycles. The van der Waals surface area contributed by atoms with Crippen LogP contribution in [0.4, 0.5) is 5.82 Å². The number of nitrogens with one attached hydrogen (secondary N) is 1. The molecule has 3 aromatic heterocycles. The topological polar surface area (TPSA) is 72.8 Å². The van der Waals surface area contributed by atoms with Crippen molar-refractivity contribution in [1.82, 2.24) is 19.9 Å². The minimum Gasteiger partial charge on any atom is -0.481 e. The zero-order valence-corrected chi connectivity index (χ0v) is 12.2. The van der Waals surface area contributed by atoms with Gasteiger partial charge >= 0.3 is 0 Å². The second kappa shape index (κ2) is 5.01. The normalized spacial score (nSPS) is 10.8. The molecule has 0 aliphatic rings. The van der Waals surface area contributed by atoms with Gasteiger partial charge in [0.25, 0.3) is 0 Å². The lowest BCUT2D eigenvalue weighted by molar-refractivity contribution is 0.397. The Morgan fingerprint density at radius 2 is 2.05 bits per heavy atom. The monoisotopic (exact) mass is 287 g/mol. The molecule has 20 heavy (non-hydrogen) atoms. The number of nitrogens with zero attached hydrogens (tertiary/aromatic N) is 4. The number of hydrogen-bond donors (Lipinski definition) is 1. The van der Waals surface area contributed by atoms with Gasteiger partial charge in [0.05, 0.1) is 12.5 Å². The predicted octanol–water partition coefficient (Wildman–Crippen LogP) is 2.51. The number of thiophene rings is 1. The molecule has 7 heteroatoms. The van der Waals surface area contributed by atoms with Crippen molar-refractivity contribution in [2.45, 2.75) is 6.92 Å². The lowest BCUT2D eigenvalue weighted by atomic mass is 10.3. The van der Waals surface area contributed by atoms with Crippen molar-refractivity contribution in [2.75, 3.05) is 19.5 Å². The van der Waals surface area contributed by atoms with Gasteiger partial charge in [-0.05, 0) is 13.0 Å². The number of aromatic nitrogens is 4. The Bertz CT molecular complexity index is 771. The van der Waals surface area contributed by atoms with E-state index in [1.807, 2.05) is 7.05 Å². The first-order valence-electron chi connectivity index (χ1n) is 6.03. The summed E-state index contributed by atoms with van der Waals surface area (Å²) >= 11 is 1.63. The molecule has 0 radical (unpaired) electrons. The molecule has 102 valence electrons. The number of aryl methyl sites for hydroxylation is 1. The van der Waals surface area contributed by atoms with Crippen molar-refractivity contribution in [3.05, 3.63) is 23.3 Å². The molecule has 0 saturated heterocycles. The number of rotatable bonds is 3. The average Bonchev–Trinajstić information content (AvgIpc) is 2.86. The summed E-state index contributed by atoms with van der Waals surface area (Å²) in [5, 5.41) is 4.13. The minimum absolute atomic E-state index is 0.493. The highest BCUT2D eigenvalue weighted by Crippen LogP contribution is 2.30. The summed E-state index contributed by atoms with van der Waals surface area (Å²) in [7, 11) is 3.41. The van der Waals surface area contributed by atoms with Gasteiger partial charge in [0.1, 0.15) is 22.7 Å². The fourth-order valence-corrected chi connectivity index (χ4v) is 2.80. The number of ether oxygens (including phenoxy) is 1. The largest absolute Gasteiger partial charge is 0.481 e. The lowest BCUT2D eigenvalue weighted by Crippen LogP contribution is -1.99. The molecule has 0 saturated carbocycles. The fraction of sp³-hybridized carbons (Fsp3) is 0.231. The Morgan fingerprint density at radius 3 is 2.80 bits per heavy atom. The number of fused-ring (bicyclic) bond motifs is 1. The summed E-state index contributed by atoms with van der Waals surface area (Å²) in [6, 6.07) is 3.80. The zero-order valence-electron chi connectivity index (χ0n) is 11.3. The number of anilines is 1. The van der Waals surface area contributed by atoms with Crippen LogP contribution in [0.15, 0.2) is 18.5 Å². The first kappa shape index (κ1) is 12.7. The Balaban J connectivity index is 2.20. The van der Waals surface area contributed by atoms with Crippen molar-refractivity contribution in [3.8, 4) is 17.4 Å². The van der Waals surface area contributed by atoms with Crippen LogP contribution in [0.2, 0.25) is 0 Å². The quantitative estimate of drug-likeness (QED) is 0.798. The van der Waals surface area contributed by atoms with Crippen molar-refractivity contribution < 1.29 is 4.74 Å². The van der Waals surface area contributed by atoms with Gasteiger partial charge in [0.2, 0.25) is 5.88 Å². The van der Waals surface area contributed by atoms with Gasteiger partial charge in [-0.2, -0.15) is 0 Å². The Hall–Kier alpha value is -2.28. The van der Waals surface area contributed by atoms with E-state index in [1.165, 1.54) is 11.2 Å². The highest BCUT2D eigenvalue weighted by molar-refractivity contribution is 7.18. The molecule has 0 fully saturated rings. The summed E-state index contributed by atoms with van der Waals surface area (Å²) in [6.45, 7) is 2.05. The van der Waals surface area contributed by atoms with E-state index in [2.05, 4.69) is 38.2 Å². The number of hydrogen-bond acceptors (Lipinski definition) is 7. The van der Waals surface area contributed by atoms with Gasteiger partial charge in [0.15, 0.2) is 5.82 Å². The molecule has 1 N–H and O–H groups in total. The van der Waals surface area contributed by atoms with Crippen LogP contribution < -0.4 is 10.1 Å². The average molecular weight is 287 g/mol. The standard InChI is InChI=1S/C13H13N5OS/c1-7-4-8-11(14-2)17-12(18-13(8)20-7)9-5-10(19-3)16-6-15-9/h4-6H,1-3H3,(H,14,17,18). The van der Waals surface area contributed by atoms with Crippen molar-refractivity contribution in [2.24, 2.45) is 0 Å². The van der Waals surface area contributed by atoms with Crippen LogP contribution >= 0.6 is 11.3 Å². The smallest absolute Gasteiger partial charge is 0.216 e. The molecule has 0 bridgehead atoms. The Labute approximate surface area is 119 Å². The van der Waals surface area contributed by atoms with Gasteiger partial charge in [-0.25, -0.2) is 19.9 Å².